The number of hydrogen-bond donors (Lipinski definition) is 4. The molecule has 336 valence electrons. The molecule has 6 atom stereocenters. The molecule has 1 aliphatic rings. The fourth-order valence-corrected chi connectivity index (χ4v) is 7.14. The van der Waals surface area contributed by atoms with E-state index < -0.39 is 71.2 Å². The van der Waals surface area contributed by atoms with Crippen LogP contribution in [0.25, 0.3) is 0 Å². The first-order valence-electron chi connectivity index (χ1n) is 22.2. The van der Waals surface area contributed by atoms with Crippen molar-refractivity contribution >= 4 is 22.1 Å². The lowest BCUT2D eigenvalue weighted by Crippen LogP contribution is -2.60. The molecule has 0 amide bonds. The Kier molecular flexibility index (Phi) is 32.7. The second-order valence-corrected chi connectivity index (χ2v) is 16.8. The van der Waals surface area contributed by atoms with Gasteiger partial charge in [0, 0.05) is 12.8 Å². The number of allylic oxidation sites excluding steroid dienone is 8. The SMILES string of the molecule is CC/C=C\C/C=C\C/C=C\CCCCCCCCCC(=O)OC(COC(=O)CCCCCCC/C=C\CCCCCC)COC1OC(CS(=O)(=O)O)C(O)C(O)C1O. The molecule has 0 bridgehead atoms. The summed E-state index contributed by atoms with van der Waals surface area (Å²) < 4.78 is 54.0. The molecular formula is C45H78O12S. The van der Waals surface area contributed by atoms with Crippen molar-refractivity contribution in [1.29, 1.82) is 0 Å². The summed E-state index contributed by atoms with van der Waals surface area (Å²) in [6, 6.07) is 0. The van der Waals surface area contributed by atoms with Crippen LogP contribution >= 0.6 is 0 Å². The Labute approximate surface area is 350 Å². The summed E-state index contributed by atoms with van der Waals surface area (Å²) in [6.45, 7) is 3.61. The number of esters is 2. The van der Waals surface area contributed by atoms with Gasteiger partial charge >= 0.3 is 11.9 Å². The molecule has 1 saturated heterocycles. The summed E-state index contributed by atoms with van der Waals surface area (Å²) in [4.78, 5) is 25.4. The smallest absolute Gasteiger partial charge is 0.306 e. The molecule has 6 unspecified atom stereocenters. The minimum Gasteiger partial charge on any atom is -0.462 e. The predicted octanol–water partition coefficient (Wildman–Crippen LogP) is 8.78. The van der Waals surface area contributed by atoms with Gasteiger partial charge in [-0.3, -0.25) is 14.1 Å². The summed E-state index contributed by atoms with van der Waals surface area (Å²) >= 11 is 0. The molecule has 58 heavy (non-hydrogen) atoms. The van der Waals surface area contributed by atoms with Gasteiger partial charge < -0.3 is 34.3 Å². The van der Waals surface area contributed by atoms with E-state index in [4.69, 9.17) is 18.9 Å². The number of hydrogen-bond acceptors (Lipinski definition) is 11. The van der Waals surface area contributed by atoms with Gasteiger partial charge in [0.1, 0.15) is 36.8 Å². The van der Waals surface area contributed by atoms with Gasteiger partial charge in [-0.1, -0.05) is 133 Å². The summed E-state index contributed by atoms with van der Waals surface area (Å²) in [5.74, 6) is -2.01. The van der Waals surface area contributed by atoms with E-state index in [2.05, 4.69) is 62.5 Å². The number of carbonyl (C=O) groups excluding carboxylic acids is 2. The average molecular weight is 843 g/mol. The van der Waals surface area contributed by atoms with Gasteiger partial charge in [-0.25, -0.2) is 0 Å². The van der Waals surface area contributed by atoms with Crippen molar-refractivity contribution in [3.8, 4) is 0 Å². The molecule has 0 aliphatic carbocycles. The van der Waals surface area contributed by atoms with Crippen molar-refractivity contribution in [3.05, 3.63) is 48.6 Å². The highest BCUT2D eigenvalue weighted by Gasteiger charge is 2.46. The fourth-order valence-electron chi connectivity index (χ4n) is 6.45. The third-order valence-electron chi connectivity index (χ3n) is 9.89. The van der Waals surface area contributed by atoms with Crippen molar-refractivity contribution in [2.45, 2.75) is 205 Å². The molecule has 0 saturated carbocycles. The van der Waals surface area contributed by atoms with Crippen LogP contribution < -0.4 is 0 Å². The number of ether oxygens (including phenoxy) is 4. The Morgan fingerprint density at radius 2 is 1.09 bits per heavy atom. The molecule has 1 fully saturated rings. The lowest BCUT2D eigenvalue weighted by Gasteiger charge is -2.40. The van der Waals surface area contributed by atoms with E-state index in [0.717, 1.165) is 103 Å². The Morgan fingerprint density at radius 3 is 1.64 bits per heavy atom. The highest BCUT2D eigenvalue weighted by Crippen LogP contribution is 2.24. The van der Waals surface area contributed by atoms with Gasteiger partial charge in [0.2, 0.25) is 0 Å². The molecule has 1 aliphatic heterocycles. The average Bonchev–Trinajstić information content (AvgIpc) is 3.18. The van der Waals surface area contributed by atoms with Crippen LogP contribution in [0.3, 0.4) is 0 Å². The van der Waals surface area contributed by atoms with Gasteiger partial charge in [0.05, 0.1) is 6.61 Å². The molecule has 1 rings (SSSR count). The zero-order valence-electron chi connectivity index (χ0n) is 35.6. The molecule has 12 nitrogen and oxygen atoms in total. The van der Waals surface area contributed by atoms with Gasteiger partial charge in [-0.15, -0.1) is 0 Å². The number of carbonyl (C=O) groups is 2. The van der Waals surface area contributed by atoms with Gasteiger partial charge in [-0.05, 0) is 70.6 Å². The standard InChI is InChI=1S/C45H78O12S/c1-3-5-7-9-11-13-15-17-18-19-20-22-24-26-28-30-32-34-41(47)56-38(36-55-45-44(50)43(49)42(48)39(57-45)37-58(51,52)53)35-54-40(46)33-31-29-27-25-23-21-16-14-12-10-8-6-4-2/h5,7,11,13-14,16-18,38-39,42-45,48-50H,3-4,6,8-10,12,15,19-37H2,1-2H3,(H,51,52,53)/b7-5-,13-11-,16-14-,18-17-. The Balaban J connectivity index is 2.47. The van der Waals surface area contributed by atoms with Crippen molar-refractivity contribution in [2.75, 3.05) is 19.0 Å². The Hall–Kier alpha value is -2.39. The van der Waals surface area contributed by atoms with E-state index in [9.17, 15) is 37.9 Å². The molecule has 0 aromatic rings. The molecule has 0 aromatic carbocycles. The first kappa shape index (κ1) is 53.6. The number of rotatable bonds is 36. The molecule has 1 heterocycles. The summed E-state index contributed by atoms with van der Waals surface area (Å²) in [7, 11) is -4.60. The zero-order chi connectivity index (χ0) is 42.7. The first-order chi connectivity index (χ1) is 28.0. The van der Waals surface area contributed by atoms with Crippen LogP contribution in [0, 0.1) is 0 Å². The second-order valence-electron chi connectivity index (χ2n) is 15.3. The van der Waals surface area contributed by atoms with E-state index in [0.29, 0.717) is 12.8 Å². The largest absolute Gasteiger partial charge is 0.462 e. The second kappa shape index (κ2) is 35.4. The van der Waals surface area contributed by atoms with Gasteiger partial charge in [-0.2, -0.15) is 8.42 Å². The number of aliphatic hydroxyl groups excluding tert-OH is 3. The minimum absolute atomic E-state index is 0.150. The molecule has 0 radical (unpaired) electrons. The van der Waals surface area contributed by atoms with Crippen LogP contribution in [0.15, 0.2) is 48.6 Å². The van der Waals surface area contributed by atoms with Crippen molar-refractivity contribution in [2.24, 2.45) is 0 Å². The maximum absolute atomic E-state index is 12.8. The monoisotopic (exact) mass is 843 g/mol. The van der Waals surface area contributed by atoms with Gasteiger partial charge in [0.15, 0.2) is 12.4 Å². The molecule has 13 heteroatoms. The lowest BCUT2D eigenvalue weighted by molar-refractivity contribution is -0.297. The summed E-state index contributed by atoms with van der Waals surface area (Å²) in [5.41, 5.74) is 0. The highest BCUT2D eigenvalue weighted by molar-refractivity contribution is 7.85. The third-order valence-corrected chi connectivity index (χ3v) is 10.6. The van der Waals surface area contributed by atoms with Crippen LogP contribution in [0.1, 0.15) is 168 Å². The van der Waals surface area contributed by atoms with Crippen LogP contribution in [-0.2, 0) is 38.7 Å². The topological polar surface area (TPSA) is 186 Å². The maximum Gasteiger partial charge on any atom is 0.306 e. The van der Waals surface area contributed by atoms with Crippen LogP contribution in [0.4, 0.5) is 0 Å². The number of unbranched alkanes of at least 4 members (excludes halogenated alkanes) is 16. The van der Waals surface area contributed by atoms with E-state index in [1.807, 2.05) is 0 Å². The maximum atomic E-state index is 12.8. The van der Waals surface area contributed by atoms with Crippen LogP contribution in [-0.4, -0.2) is 96.0 Å². The molecule has 4 N–H and O–H groups in total. The van der Waals surface area contributed by atoms with E-state index in [1.165, 1.54) is 25.7 Å². The first-order valence-corrected chi connectivity index (χ1v) is 23.8. The zero-order valence-corrected chi connectivity index (χ0v) is 36.5. The Bertz CT molecular complexity index is 1260. The van der Waals surface area contributed by atoms with E-state index in [1.54, 1.807) is 0 Å². The normalized spacial score (nSPS) is 20.8. The van der Waals surface area contributed by atoms with E-state index in [-0.39, 0.29) is 19.4 Å². The lowest BCUT2D eigenvalue weighted by atomic mass is 10.00. The minimum atomic E-state index is -4.60. The molecule has 0 aromatic heterocycles. The van der Waals surface area contributed by atoms with Crippen LogP contribution in [0.2, 0.25) is 0 Å². The molecule has 0 spiro atoms. The number of aliphatic hydroxyl groups is 3. The summed E-state index contributed by atoms with van der Waals surface area (Å²) in [5, 5.41) is 30.9. The van der Waals surface area contributed by atoms with Crippen molar-refractivity contribution < 1.29 is 56.8 Å². The Morgan fingerprint density at radius 1 is 0.603 bits per heavy atom. The third kappa shape index (κ3) is 29.8. The highest BCUT2D eigenvalue weighted by atomic mass is 32.2. The predicted molar refractivity (Wildman–Crippen MR) is 229 cm³/mol. The van der Waals surface area contributed by atoms with Crippen molar-refractivity contribution in [3.63, 3.8) is 0 Å². The molecular weight excluding hydrogens is 765 g/mol. The van der Waals surface area contributed by atoms with E-state index >= 15 is 0 Å². The summed E-state index contributed by atoms with van der Waals surface area (Å²) in [6.07, 6.45) is 31.5. The fraction of sp³-hybridized carbons (Fsp3) is 0.778. The quantitative estimate of drug-likeness (QED) is 0.0204. The van der Waals surface area contributed by atoms with Gasteiger partial charge in [0.25, 0.3) is 10.1 Å². The van der Waals surface area contributed by atoms with Crippen LogP contribution in [0.5, 0.6) is 0 Å². The van der Waals surface area contributed by atoms with Crippen molar-refractivity contribution in [1.82, 2.24) is 0 Å².